The standard InChI is InChI=1S/C15H27N3O2/c1-11(9-10-16)17-12-7-5-6-8-13(12)18-14(19)20-15(2,3)4/h11-13,17H,5-9H2,1-4H3,(H,18,19)/t11-,12+,13+/m0/s1. The molecule has 1 fully saturated rings. The summed E-state index contributed by atoms with van der Waals surface area (Å²) in [6, 6.07) is 2.62. The highest BCUT2D eigenvalue weighted by molar-refractivity contribution is 5.68. The highest BCUT2D eigenvalue weighted by atomic mass is 16.6. The number of amides is 1. The van der Waals surface area contributed by atoms with Crippen LogP contribution in [-0.4, -0.2) is 29.8 Å². The molecule has 0 bridgehead atoms. The van der Waals surface area contributed by atoms with Gasteiger partial charge in [-0.15, -0.1) is 0 Å². The second-order valence-corrected chi connectivity index (χ2v) is 6.57. The average Bonchev–Trinajstić information content (AvgIpc) is 2.29. The maximum Gasteiger partial charge on any atom is 0.407 e. The van der Waals surface area contributed by atoms with E-state index in [4.69, 9.17) is 10.00 Å². The molecule has 0 aromatic rings. The summed E-state index contributed by atoms with van der Waals surface area (Å²) < 4.78 is 5.31. The van der Waals surface area contributed by atoms with E-state index in [9.17, 15) is 4.79 Å². The lowest BCUT2D eigenvalue weighted by atomic mass is 9.89. The molecular weight excluding hydrogens is 254 g/mol. The smallest absolute Gasteiger partial charge is 0.407 e. The Labute approximate surface area is 122 Å². The molecule has 114 valence electrons. The van der Waals surface area contributed by atoms with Crippen LogP contribution in [0.2, 0.25) is 0 Å². The van der Waals surface area contributed by atoms with E-state index >= 15 is 0 Å². The second-order valence-electron chi connectivity index (χ2n) is 6.57. The molecule has 0 aliphatic heterocycles. The van der Waals surface area contributed by atoms with Gasteiger partial charge in [0.25, 0.3) is 0 Å². The van der Waals surface area contributed by atoms with E-state index in [1.165, 1.54) is 0 Å². The molecule has 0 aromatic heterocycles. The van der Waals surface area contributed by atoms with Crippen LogP contribution in [0.3, 0.4) is 0 Å². The minimum atomic E-state index is -0.476. The molecule has 1 aliphatic carbocycles. The number of carbonyl (C=O) groups is 1. The van der Waals surface area contributed by atoms with E-state index in [0.717, 1.165) is 25.7 Å². The summed E-state index contributed by atoms with van der Waals surface area (Å²) in [7, 11) is 0. The Kier molecular flexibility index (Phi) is 6.28. The van der Waals surface area contributed by atoms with E-state index < -0.39 is 5.60 Å². The number of nitriles is 1. The van der Waals surface area contributed by atoms with Crippen LogP contribution in [0.5, 0.6) is 0 Å². The van der Waals surface area contributed by atoms with Crippen LogP contribution in [0.25, 0.3) is 0 Å². The predicted molar refractivity (Wildman–Crippen MR) is 78.2 cm³/mol. The van der Waals surface area contributed by atoms with E-state index in [1.54, 1.807) is 0 Å². The Hall–Kier alpha value is -1.28. The monoisotopic (exact) mass is 281 g/mol. The Balaban J connectivity index is 2.52. The third-order valence-corrected chi connectivity index (χ3v) is 3.36. The van der Waals surface area contributed by atoms with E-state index in [0.29, 0.717) is 6.42 Å². The summed E-state index contributed by atoms with van der Waals surface area (Å²) in [5.74, 6) is 0. The highest BCUT2D eigenvalue weighted by Gasteiger charge is 2.28. The molecule has 0 heterocycles. The van der Waals surface area contributed by atoms with E-state index in [1.807, 2.05) is 27.7 Å². The molecule has 5 nitrogen and oxygen atoms in total. The van der Waals surface area contributed by atoms with Gasteiger partial charge in [-0.2, -0.15) is 5.26 Å². The predicted octanol–water partition coefficient (Wildman–Crippen LogP) is 2.71. The Morgan fingerprint density at radius 2 is 1.95 bits per heavy atom. The molecule has 20 heavy (non-hydrogen) atoms. The fourth-order valence-corrected chi connectivity index (χ4v) is 2.52. The Morgan fingerprint density at radius 3 is 2.50 bits per heavy atom. The number of carbonyl (C=O) groups excluding carboxylic acids is 1. The van der Waals surface area contributed by atoms with Gasteiger partial charge in [0.1, 0.15) is 5.60 Å². The zero-order chi connectivity index (χ0) is 15.2. The molecule has 2 N–H and O–H groups in total. The third kappa shape index (κ3) is 6.25. The van der Waals surface area contributed by atoms with Crippen molar-refractivity contribution in [3.8, 4) is 6.07 Å². The van der Waals surface area contributed by atoms with Crippen LogP contribution in [-0.2, 0) is 4.74 Å². The maximum atomic E-state index is 11.9. The topological polar surface area (TPSA) is 74.2 Å². The maximum absolute atomic E-state index is 11.9. The molecule has 0 radical (unpaired) electrons. The first kappa shape index (κ1) is 16.8. The van der Waals surface area contributed by atoms with Crippen molar-refractivity contribution in [1.29, 1.82) is 5.26 Å². The second kappa shape index (κ2) is 7.49. The lowest BCUT2D eigenvalue weighted by Gasteiger charge is -2.35. The molecule has 0 saturated heterocycles. The first-order chi connectivity index (χ1) is 9.31. The van der Waals surface area contributed by atoms with Gasteiger partial charge in [0.2, 0.25) is 0 Å². The van der Waals surface area contributed by atoms with Gasteiger partial charge < -0.3 is 15.4 Å². The van der Waals surface area contributed by atoms with Crippen molar-refractivity contribution in [2.45, 2.75) is 83.5 Å². The van der Waals surface area contributed by atoms with Crippen LogP contribution >= 0.6 is 0 Å². The van der Waals surface area contributed by atoms with Crippen molar-refractivity contribution in [2.75, 3.05) is 0 Å². The van der Waals surface area contributed by atoms with Crippen LogP contribution in [0.4, 0.5) is 4.79 Å². The summed E-state index contributed by atoms with van der Waals surface area (Å²) in [5, 5.41) is 15.1. The summed E-state index contributed by atoms with van der Waals surface area (Å²) in [5.41, 5.74) is -0.476. The van der Waals surface area contributed by atoms with Gasteiger partial charge in [-0.05, 0) is 40.5 Å². The average molecular weight is 281 g/mol. The number of hydrogen-bond acceptors (Lipinski definition) is 4. The summed E-state index contributed by atoms with van der Waals surface area (Å²) in [6.07, 6.45) is 4.38. The zero-order valence-electron chi connectivity index (χ0n) is 13.0. The lowest BCUT2D eigenvalue weighted by molar-refractivity contribution is 0.0477. The van der Waals surface area contributed by atoms with Crippen molar-refractivity contribution < 1.29 is 9.53 Å². The number of nitrogens with one attached hydrogen (secondary N) is 2. The van der Waals surface area contributed by atoms with E-state index in [2.05, 4.69) is 16.7 Å². The van der Waals surface area contributed by atoms with Crippen LogP contribution in [0.1, 0.15) is 59.8 Å². The molecule has 1 rings (SSSR count). The first-order valence-electron chi connectivity index (χ1n) is 7.44. The van der Waals surface area contributed by atoms with Crippen LogP contribution in [0.15, 0.2) is 0 Å². The molecule has 0 aromatic carbocycles. The molecule has 0 unspecified atom stereocenters. The van der Waals surface area contributed by atoms with Gasteiger partial charge in [0, 0.05) is 18.1 Å². The zero-order valence-corrected chi connectivity index (χ0v) is 13.0. The van der Waals surface area contributed by atoms with Crippen molar-refractivity contribution in [1.82, 2.24) is 10.6 Å². The first-order valence-corrected chi connectivity index (χ1v) is 7.44. The van der Waals surface area contributed by atoms with Crippen molar-refractivity contribution >= 4 is 6.09 Å². The normalized spacial score (nSPS) is 24.6. The molecule has 1 saturated carbocycles. The van der Waals surface area contributed by atoms with Crippen LogP contribution in [0, 0.1) is 11.3 Å². The number of rotatable bonds is 4. The van der Waals surface area contributed by atoms with Gasteiger partial charge in [-0.25, -0.2) is 4.79 Å². The molecule has 5 heteroatoms. The molecule has 0 spiro atoms. The number of nitrogens with zero attached hydrogens (tertiary/aromatic N) is 1. The van der Waals surface area contributed by atoms with Gasteiger partial charge in [0.05, 0.1) is 12.5 Å². The van der Waals surface area contributed by atoms with Gasteiger partial charge >= 0.3 is 6.09 Å². The molecule has 1 aliphatic rings. The number of alkyl carbamates (subject to hydrolysis) is 1. The highest BCUT2D eigenvalue weighted by Crippen LogP contribution is 2.20. The largest absolute Gasteiger partial charge is 0.444 e. The fraction of sp³-hybridized carbons (Fsp3) is 0.867. The Bertz CT molecular complexity index is 357. The Morgan fingerprint density at radius 1 is 1.35 bits per heavy atom. The third-order valence-electron chi connectivity index (χ3n) is 3.36. The molecule has 3 atom stereocenters. The minimum Gasteiger partial charge on any atom is -0.444 e. The van der Waals surface area contributed by atoms with Gasteiger partial charge in [-0.1, -0.05) is 12.8 Å². The van der Waals surface area contributed by atoms with Gasteiger partial charge in [0.15, 0.2) is 0 Å². The minimum absolute atomic E-state index is 0.0831. The quantitative estimate of drug-likeness (QED) is 0.831. The number of ether oxygens (including phenoxy) is 1. The summed E-state index contributed by atoms with van der Waals surface area (Å²) >= 11 is 0. The van der Waals surface area contributed by atoms with Crippen molar-refractivity contribution in [3.05, 3.63) is 0 Å². The van der Waals surface area contributed by atoms with Gasteiger partial charge in [-0.3, -0.25) is 0 Å². The SMILES string of the molecule is C[C@@H](CC#N)N[C@@H]1CCCC[C@H]1NC(=O)OC(C)(C)C. The van der Waals surface area contributed by atoms with Crippen LogP contribution < -0.4 is 10.6 Å². The fourth-order valence-electron chi connectivity index (χ4n) is 2.52. The summed E-state index contributed by atoms with van der Waals surface area (Å²) in [6.45, 7) is 7.58. The lowest BCUT2D eigenvalue weighted by Crippen LogP contribution is -2.54. The molecule has 1 amide bonds. The van der Waals surface area contributed by atoms with E-state index in [-0.39, 0.29) is 24.2 Å². The summed E-state index contributed by atoms with van der Waals surface area (Å²) in [4.78, 5) is 11.9. The molecular formula is C15H27N3O2. The van der Waals surface area contributed by atoms with Crippen molar-refractivity contribution in [3.63, 3.8) is 0 Å². The van der Waals surface area contributed by atoms with Crippen molar-refractivity contribution in [2.24, 2.45) is 0 Å². The number of hydrogen-bond donors (Lipinski definition) is 2.